The lowest BCUT2D eigenvalue weighted by Gasteiger charge is -2.27. The van der Waals surface area contributed by atoms with Crippen LogP contribution in [-0.2, 0) is 35.1 Å². The Bertz CT molecular complexity index is 1120. The van der Waals surface area contributed by atoms with Crippen molar-refractivity contribution >= 4 is 23.5 Å². The minimum atomic E-state index is -0.932. The van der Waals surface area contributed by atoms with Gasteiger partial charge in [0.1, 0.15) is 18.2 Å². The fourth-order valence-corrected chi connectivity index (χ4v) is 5.76. The van der Waals surface area contributed by atoms with Crippen LogP contribution in [0.1, 0.15) is 51.0 Å². The molecule has 1 aromatic rings. The Morgan fingerprint density at radius 1 is 0.953 bits per heavy atom. The maximum Gasteiger partial charge on any atom is 0.243 e. The van der Waals surface area contributed by atoms with Crippen LogP contribution in [0.2, 0.25) is 0 Å². The van der Waals surface area contributed by atoms with Crippen LogP contribution in [0.5, 0.6) is 11.5 Å². The van der Waals surface area contributed by atoms with Gasteiger partial charge in [0, 0.05) is 13.1 Å². The summed E-state index contributed by atoms with van der Waals surface area (Å²) in [5.41, 5.74) is 0.890. The van der Waals surface area contributed by atoms with E-state index in [1.807, 2.05) is 17.0 Å². The van der Waals surface area contributed by atoms with Crippen LogP contribution in [0.4, 0.5) is 0 Å². The lowest BCUT2D eigenvalue weighted by Crippen LogP contribution is -2.56. The van der Waals surface area contributed by atoms with Gasteiger partial charge in [-0.3, -0.25) is 24.1 Å². The third-order valence-corrected chi connectivity index (χ3v) is 8.40. The molecule has 0 spiro atoms. The SMILES string of the molecule is COc1ccc(CC[C@H](NC(=O)[C@H](C)NC(=O)CN2CCOCC2)C(=O)N[C@@H](CC2CCCC2)C(=O)[C@H]2CO2)cc1OC. The fraction of sp³-hybridized carbons (Fsp3) is 0.677. The van der Waals surface area contributed by atoms with E-state index in [1.165, 1.54) is 0 Å². The van der Waals surface area contributed by atoms with Gasteiger partial charge in [-0.1, -0.05) is 31.7 Å². The standard InChI is InChI=1S/C31H46N4O8/c1-20(32-28(36)18-35-12-14-42-15-13-35)30(38)33-23(10-8-22-9-11-25(40-2)26(17-22)41-3)31(39)34-24(29(37)27-19-43-27)16-21-6-4-5-7-21/h9,11,17,20-21,23-24,27H,4-8,10,12-16,18-19H2,1-3H3,(H,32,36)(H,33,38)(H,34,39)/t20-,23-,24-,27+/m0/s1. The molecule has 238 valence electrons. The molecule has 1 saturated carbocycles. The number of amides is 3. The van der Waals surface area contributed by atoms with Gasteiger partial charge in [0.2, 0.25) is 17.7 Å². The van der Waals surface area contributed by atoms with Gasteiger partial charge in [-0.05, 0) is 49.8 Å². The molecular formula is C31H46N4O8. The predicted octanol–water partition coefficient (Wildman–Crippen LogP) is 0.991. The summed E-state index contributed by atoms with van der Waals surface area (Å²) in [5, 5.41) is 8.52. The molecule has 4 rings (SSSR count). The Morgan fingerprint density at radius 3 is 2.28 bits per heavy atom. The van der Waals surface area contributed by atoms with Crippen LogP contribution in [0, 0.1) is 5.92 Å². The molecule has 0 aromatic heterocycles. The summed E-state index contributed by atoms with van der Waals surface area (Å²) < 4.78 is 21.3. The summed E-state index contributed by atoms with van der Waals surface area (Å²) in [4.78, 5) is 54.6. The number of carbonyl (C=O) groups is 4. The number of ether oxygens (including phenoxy) is 4. The highest BCUT2D eigenvalue weighted by Crippen LogP contribution is 2.30. The Morgan fingerprint density at radius 2 is 1.63 bits per heavy atom. The smallest absolute Gasteiger partial charge is 0.243 e. The second kappa shape index (κ2) is 16.0. The molecule has 0 bridgehead atoms. The molecule has 12 heteroatoms. The van der Waals surface area contributed by atoms with E-state index in [9.17, 15) is 19.2 Å². The van der Waals surface area contributed by atoms with Crippen LogP contribution in [0.3, 0.4) is 0 Å². The maximum atomic E-state index is 13.7. The van der Waals surface area contributed by atoms with Crippen molar-refractivity contribution in [3.05, 3.63) is 23.8 Å². The average molecular weight is 603 g/mol. The van der Waals surface area contributed by atoms with Gasteiger partial charge in [0.05, 0.1) is 46.6 Å². The largest absolute Gasteiger partial charge is 0.493 e. The van der Waals surface area contributed by atoms with Crippen molar-refractivity contribution in [1.29, 1.82) is 0 Å². The number of ketones is 1. The topological polar surface area (TPSA) is 148 Å². The van der Waals surface area contributed by atoms with E-state index in [2.05, 4.69) is 16.0 Å². The van der Waals surface area contributed by atoms with Crippen molar-refractivity contribution in [2.45, 2.75) is 76.1 Å². The monoisotopic (exact) mass is 602 g/mol. The molecule has 1 aliphatic carbocycles. The number of nitrogens with one attached hydrogen (secondary N) is 3. The van der Waals surface area contributed by atoms with Gasteiger partial charge in [0.15, 0.2) is 17.3 Å². The summed E-state index contributed by atoms with van der Waals surface area (Å²) in [6, 6.07) is 3.04. The number of carbonyl (C=O) groups excluding carboxylic acids is 4. The summed E-state index contributed by atoms with van der Waals surface area (Å²) in [6.07, 6.45) is 5.12. The minimum Gasteiger partial charge on any atom is -0.493 e. The number of hydrogen-bond acceptors (Lipinski definition) is 9. The second-order valence-electron chi connectivity index (χ2n) is 11.6. The normalized spacial score (nSPS) is 20.9. The number of hydrogen-bond donors (Lipinski definition) is 3. The van der Waals surface area contributed by atoms with Crippen molar-refractivity contribution < 1.29 is 38.1 Å². The average Bonchev–Trinajstić information content (AvgIpc) is 3.74. The minimum absolute atomic E-state index is 0.117. The molecule has 0 unspecified atom stereocenters. The molecule has 43 heavy (non-hydrogen) atoms. The van der Waals surface area contributed by atoms with E-state index in [4.69, 9.17) is 18.9 Å². The van der Waals surface area contributed by atoms with E-state index in [1.54, 1.807) is 27.2 Å². The van der Waals surface area contributed by atoms with Crippen molar-refractivity contribution in [3.63, 3.8) is 0 Å². The first-order valence-electron chi connectivity index (χ1n) is 15.3. The molecular weight excluding hydrogens is 556 g/mol. The third-order valence-electron chi connectivity index (χ3n) is 8.40. The Hall–Kier alpha value is -3.22. The Labute approximate surface area is 253 Å². The fourth-order valence-electron chi connectivity index (χ4n) is 5.76. The number of nitrogens with zero attached hydrogens (tertiary/aromatic N) is 1. The molecule has 3 N–H and O–H groups in total. The van der Waals surface area contributed by atoms with E-state index >= 15 is 0 Å². The van der Waals surface area contributed by atoms with E-state index in [0.29, 0.717) is 63.2 Å². The van der Waals surface area contributed by atoms with E-state index in [-0.39, 0.29) is 24.7 Å². The number of methoxy groups -OCH3 is 2. The number of benzene rings is 1. The lowest BCUT2D eigenvalue weighted by atomic mass is 9.94. The number of morpholine rings is 1. The highest BCUT2D eigenvalue weighted by atomic mass is 16.6. The zero-order valence-electron chi connectivity index (χ0n) is 25.5. The van der Waals surface area contributed by atoms with Crippen LogP contribution < -0.4 is 25.4 Å². The molecule has 2 aliphatic heterocycles. The van der Waals surface area contributed by atoms with Crippen molar-refractivity contribution in [2.75, 3.05) is 53.7 Å². The Balaban J connectivity index is 1.42. The van der Waals surface area contributed by atoms with Crippen LogP contribution in [-0.4, -0.2) is 106 Å². The summed E-state index contributed by atoms with van der Waals surface area (Å²) in [5.74, 6) is 0.218. The Kier molecular flexibility index (Phi) is 12.2. The molecule has 2 heterocycles. The lowest BCUT2D eigenvalue weighted by molar-refractivity contribution is -0.134. The van der Waals surface area contributed by atoms with Crippen molar-refractivity contribution in [1.82, 2.24) is 20.9 Å². The van der Waals surface area contributed by atoms with Crippen LogP contribution in [0.25, 0.3) is 0 Å². The number of epoxide rings is 1. The van der Waals surface area contributed by atoms with Gasteiger partial charge in [-0.25, -0.2) is 0 Å². The second-order valence-corrected chi connectivity index (χ2v) is 11.6. The zero-order valence-corrected chi connectivity index (χ0v) is 25.5. The highest BCUT2D eigenvalue weighted by Gasteiger charge is 2.39. The van der Waals surface area contributed by atoms with Gasteiger partial charge >= 0.3 is 0 Å². The van der Waals surface area contributed by atoms with Crippen molar-refractivity contribution in [2.24, 2.45) is 5.92 Å². The van der Waals surface area contributed by atoms with Crippen molar-refractivity contribution in [3.8, 4) is 11.5 Å². The third kappa shape index (κ3) is 9.90. The number of Topliss-reactive ketones (excluding diaryl/α,β-unsaturated/α-hetero) is 1. The summed E-state index contributed by atoms with van der Waals surface area (Å²) in [6.45, 7) is 4.56. The predicted molar refractivity (Wildman–Crippen MR) is 158 cm³/mol. The molecule has 0 radical (unpaired) electrons. The molecule has 3 amide bonds. The van der Waals surface area contributed by atoms with E-state index < -0.39 is 36.0 Å². The van der Waals surface area contributed by atoms with Gasteiger partial charge in [-0.2, -0.15) is 0 Å². The molecule has 4 atom stereocenters. The quantitative estimate of drug-likeness (QED) is 0.236. The first-order chi connectivity index (χ1) is 20.8. The molecule has 2 saturated heterocycles. The molecule has 12 nitrogen and oxygen atoms in total. The van der Waals surface area contributed by atoms with Gasteiger partial charge in [0.25, 0.3) is 0 Å². The highest BCUT2D eigenvalue weighted by molar-refractivity contribution is 5.96. The zero-order chi connectivity index (χ0) is 30.8. The first kappa shape index (κ1) is 32.7. The first-order valence-corrected chi connectivity index (χ1v) is 15.3. The van der Waals surface area contributed by atoms with Crippen LogP contribution in [0.15, 0.2) is 18.2 Å². The summed E-state index contributed by atoms with van der Waals surface area (Å²) in [7, 11) is 3.11. The summed E-state index contributed by atoms with van der Waals surface area (Å²) >= 11 is 0. The number of rotatable bonds is 16. The molecule has 3 fully saturated rings. The van der Waals surface area contributed by atoms with Crippen LogP contribution >= 0.6 is 0 Å². The molecule has 3 aliphatic rings. The molecule has 1 aromatic carbocycles. The number of aryl methyl sites for hydroxylation is 1. The van der Waals surface area contributed by atoms with Gasteiger partial charge in [-0.15, -0.1) is 0 Å². The van der Waals surface area contributed by atoms with E-state index in [0.717, 1.165) is 31.2 Å². The maximum absolute atomic E-state index is 13.7. The van der Waals surface area contributed by atoms with Gasteiger partial charge < -0.3 is 34.9 Å².